The SMILES string of the molecule is O=C1C(c2cccs2)=C(N2CCN(c3ccccn3)CC2)C(=O)N1Cc1cccnc1. The van der Waals surface area contributed by atoms with Gasteiger partial charge in [-0.05, 0) is 35.2 Å². The molecule has 7 nitrogen and oxygen atoms in total. The van der Waals surface area contributed by atoms with Crippen LogP contribution >= 0.6 is 11.3 Å². The molecule has 2 amide bonds. The lowest BCUT2D eigenvalue weighted by atomic mass is 10.1. The van der Waals surface area contributed by atoms with Crippen LogP contribution in [-0.2, 0) is 16.1 Å². The van der Waals surface area contributed by atoms with Crippen molar-refractivity contribution in [2.24, 2.45) is 0 Å². The van der Waals surface area contributed by atoms with Gasteiger partial charge in [-0.15, -0.1) is 11.3 Å². The number of carbonyl (C=O) groups is 2. The summed E-state index contributed by atoms with van der Waals surface area (Å²) in [5, 5.41) is 1.93. The van der Waals surface area contributed by atoms with E-state index in [9.17, 15) is 9.59 Å². The van der Waals surface area contributed by atoms with E-state index >= 15 is 0 Å². The number of piperazine rings is 1. The van der Waals surface area contributed by atoms with Crippen LogP contribution in [-0.4, -0.2) is 57.8 Å². The summed E-state index contributed by atoms with van der Waals surface area (Å²) >= 11 is 1.48. The third-order valence-electron chi connectivity index (χ3n) is 5.54. The zero-order valence-electron chi connectivity index (χ0n) is 16.8. The van der Waals surface area contributed by atoms with E-state index in [4.69, 9.17) is 0 Å². The molecular formula is C23H21N5O2S. The molecule has 1 fully saturated rings. The molecule has 0 saturated carbocycles. The van der Waals surface area contributed by atoms with Gasteiger partial charge in [0.25, 0.3) is 11.8 Å². The highest BCUT2D eigenvalue weighted by Crippen LogP contribution is 2.35. The topological polar surface area (TPSA) is 69.6 Å². The Labute approximate surface area is 184 Å². The Morgan fingerprint density at radius 3 is 2.39 bits per heavy atom. The van der Waals surface area contributed by atoms with Crippen molar-refractivity contribution in [1.29, 1.82) is 0 Å². The van der Waals surface area contributed by atoms with E-state index in [1.165, 1.54) is 16.2 Å². The van der Waals surface area contributed by atoms with Crippen molar-refractivity contribution in [3.63, 3.8) is 0 Å². The summed E-state index contributed by atoms with van der Waals surface area (Å²) in [6.07, 6.45) is 5.16. The average Bonchev–Trinajstić information content (AvgIpc) is 3.43. The summed E-state index contributed by atoms with van der Waals surface area (Å²) in [4.78, 5) is 41.7. The fourth-order valence-corrected chi connectivity index (χ4v) is 4.78. The zero-order valence-corrected chi connectivity index (χ0v) is 17.7. The van der Waals surface area contributed by atoms with E-state index < -0.39 is 0 Å². The highest BCUT2D eigenvalue weighted by molar-refractivity contribution is 7.11. The minimum absolute atomic E-state index is 0.220. The molecule has 5 rings (SSSR count). The van der Waals surface area contributed by atoms with Crippen LogP contribution in [0.1, 0.15) is 10.4 Å². The minimum atomic E-state index is -0.238. The fourth-order valence-electron chi connectivity index (χ4n) is 4.02. The van der Waals surface area contributed by atoms with Gasteiger partial charge in [-0.3, -0.25) is 19.5 Å². The van der Waals surface area contributed by atoms with Crippen LogP contribution in [0.3, 0.4) is 0 Å². The van der Waals surface area contributed by atoms with E-state index in [-0.39, 0.29) is 18.4 Å². The van der Waals surface area contributed by atoms with Crippen LogP contribution in [0.5, 0.6) is 0 Å². The summed E-state index contributed by atoms with van der Waals surface area (Å²) in [6.45, 7) is 3.00. The largest absolute Gasteiger partial charge is 0.363 e. The van der Waals surface area contributed by atoms with Gasteiger partial charge in [0.15, 0.2) is 0 Å². The summed E-state index contributed by atoms with van der Waals surface area (Å²) < 4.78 is 0. The first-order valence-corrected chi connectivity index (χ1v) is 11.0. The van der Waals surface area contributed by atoms with E-state index in [1.54, 1.807) is 18.6 Å². The number of pyridine rings is 2. The van der Waals surface area contributed by atoms with Crippen molar-refractivity contribution < 1.29 is 9.59 Å². The van der Waals surface area contributed by atoms with Crippen molar-refractivity contribution in [2.45, 2.75) is 6.54 Å². The Kier molecular flexibility index (Phi) is 5.21. The number of hydrogen-bond acceptors (Lipinski definition) is 7. The molecule has 0 atom stereocenters. The molecule has 0 aliphatic carbocycles. The summed E-state index contributed by atoms with van der Waals surface area (Å²) in [7, 11) is 0. The number of carbonyl (C=O) groups excluding carboxylic acids is 2. The Hall–Kier alpha value is -3.52. The summed E-state index contributed by atoms with van der Waals surface area (Å²) in [6, 6.07) is 13.4. The lowest BCUT2D eigenvalue weighted by molar-refractivity contribution is -0.138. The number of hydrogen-bond donors (Lipinski definition) is 0. The highest BCUT2D eigenvalue weighted by atomic mass is 32.1. The van der Waals surface area contributed by atoms with Crippen LogP contribution in [0.2, 0.25) is 0 Å². The quantitative estimate of drug-likeness (QED) is 0.579. The van der Waals surface area contributed by atoms with Crippen molar-refractivity contribution in [3.8, 4) is 0 Å². The molecule has 3 aromatic heterocycles. The molecule has 0 radical (unpaired) electrons. The Morgan fingerprint density at radius 2 is 1.71 bits per heavy atom. The van der Waals surface area contributed by atoms with Crippen molar-refractivity contribution in [2.75, 3.05) is 31.1 Å². The van der Waals surface area contributed by atoms with E-state index in [1.807, 2.05) is 47.8 Å². The third kappa shape index (κ3) is 3.70. The van der Waals surface area contributed by atoms with Crippen LogP contribution in [0.15, 0.2) is 72.1 Å². The smallest absolute Gasteiger partial charge is 0.278 e. The van der Waals surface area contributed by atoms with Crippen LogP contribution in [0.25, 0.3) is 5.57 Å². The van der Waals surface area contributed by atoms with Gasteiger partial charge in [0.2, 0.25) is 0 Å². The number of nitrogens with zero attached hydrogens (tertiary/aromatic N) is 5. The number of anilines is 1. The summed E-state index contributed by atoms with van der Waals surface area (Å²) in [5.41, 5.74) is 1.85. The van der Waals surface area contributed by atoms with Gasteiger partial charge in [-0.2, -0.15) is 0 Å². The normalized spacial score (nSPS) is 17.1. The summed E-state index contributed by atoms with van der Waals surface area (Å²) in [5.74, 6) is 0.462. The van der Waals surface area contributed by atoms with E-state index in [0.717, 1.165) is 29.3 Å². The number of amides is 2. The first kappa shape index (κ1) is 19.4. The molecule has 2 aliphatic rings. The monoisotopic (exact) mass is 431 g/mol. The standard InChI is InChI=1S/C23H21N5O2S/c29-22-20(18-6-4-14-31-18)21(23(30)28(22)16-17-5-3-8-24-15-17)27-12-10-26(11-13-27)19-7-1-2-9-25-19/h1-9,14-15H,10-13,16H2. The molecule has 5 heterocycles. The van der Waals surface area contributed by atoms with Crippen molar-refractivity contribution >= 4 is 34.5 Å². The van der Waals surface area contributed by atoms with Crippen LogP contribution < -0.4 is 4.90 Å². The first-order valence-electron chi connectivity index (χ1n) is 10.2. The molecule has 1 saturated heterocycles. The second-order valence-corrected chi connectivity index (χ2v) is 8.37. The molecule has 156 valence electrons. The molecule has 8 heteroatoms. The Bertz CT molecular complexity index is 1110. The van der Waals surface area contributed by atoms with Crippen molar-refractivity contribution in [3.05, 3.63) is 82.6 Å². The molecule has 0 spiro atoms. The molecule has 2 aliphatic heterocycles. The second-order valence-electron chi connectivity index (χ2n) is 7.42. The van der Waals surface area contributed by atoms with Crippen molar-refractivity contribution in [1.82, 2.24) is 19.8 Å². The van der Waals surface area contributed by atoms with E-state index in [2.05, 4.69) is 19.8 Å². The van der Waals surface area contributed by atoms with Gasteiger partial charge < -0.3 is 9.80 Å². The minimum Gasteiger partial charge on any atom is -0.363 e. The third-order valence-corrected chi connectivity index (χ3v) is 6.43. The molecule has 3 aromatic rings. The molecule has 0 bridgehead atoms. The number of rotatable bonds is 5. The zero-order chi connectivity index (χ0) is 21.2. The maximum atomic E-state index is 13.4. The lowest BCUT2D eigenvalue weighted by Gasteiger charge is -2.37. The van der Waals surface area contributed by atoms with Gasteiger partial charge in [0.1, 0.15) is 11.5 Å². The maximum Gasteiger partial charge on any atom is 0.278 e. The lowest BCUT2D eigenvalue weighted by Crippen LogP contribution is -2.47. The van der Waals surface area contributed by atoms with Gasteiger partial charge in [-0.25, -0.2) is 4.98 Å². The molecule has 31 heavy (non-hydrogen) atoms. The molecule has 0 N–H and O–H groups in total. The molecular weight excluding hydrogens is 410 g/mol. The number of aromatic nitrogens is 2. The van der Waals surface area contributed by atoms with E-state index in [0.29, 0.717) is 24.4 Å². The van der Waals surface area contributed by atoms with Crippen LogP contribution in [0.4, 0.5) is 5.82 Å². The Morgan fingerprint density at radius 1 is 0.871 bits per heavy atom. The first-order chi connectivity index (χ1) is 15.2. The van der Waals surface area contributed by atoms with Gasteiger partial charge >= 0.3 is 0 Å². The predicted molar refractivity (Wildman–Crippen MR) is 119 cm³/mol. The van der Waals surface area contributed by atoms with Gasteiger partial charge in [0, 0.05) is 49.6 Å². The highest BCUT2D eigenvalue weighted by Gasteiger charge is 2.42. The molecule has 0 aromatic carbocycles. The second kappa shape index (κ2) is 8.31. The fraction of sp³-hybridized carbons (Fsp3) is 0.217. The van der Waals surface area contributed by atoms with Gasteiger partial charge in [-0.1, -0.05) is 18.2 Å². The Balaban J connectivity index is 1.42. The maximum absolute atomic E-state index is 13.4. The predicted octanol–water partition coefficient (Wildman–Crippen LogP) is 2.64. The number of imide groups is 1. The average molecular weight is 432 g/mol. The number of thiophene rings is 1. The molecule has 0 unspecified atom stereocenters. The van der Waals surface area contributed by atoms with Gasteiger partial charge in [0.05, 0.1) is 12.1 Å². The van der Waals surface area contributed by atoms with Crippen LogP contribution in [0, 0.1) is 0 Å².